The number of hydrogen-bond donors (Lipinski definition) is 2. The van der Waals surface area contributed by atoms with E-state index in [1.807, 2.05) is 49.4 Å². The quantitative estimate of drug-likeness (QED) is 0.880. The number of ether oxygens (including phenoxy) is 1. The lowest BCUT2D eigenvalue weighted by Gasteiger charge is -2.17. The SMILES string of the molecule is COc1ccc(C)cc1C(O)CNc1ccc(Cl)cc1. The summed E-state index contributed by atoms with van der Waals surface area (Å²) >= 11 is 5.83. The maximum atomic E-state index is 10.3. The van der Waals surface area contributed by atoms with Crippen LogP contribution in [-0.4, -0.2) is 18.8 Å². The molecular weight excluding hydrogens is 274 g/mol. The molecule has 106 valence electrons. The van der Waals surface area contributed by atoms with Crippen molar-refractivity contribution in [3.05, 3.63) is 58.6 Å². The molecule has 2 aromatic carbocycles. The van der Waals surface area contributed by atoms with E-state index in [9.17, 15) is 5.11 Å². The van der Waals surface area contributed by atoms with Gasteiger partial charge in [0.1, 0.15) is 5.75 Å². The highest BCUT2D eigenvalue weighted by Crippen LogP contribution is 2.26. The Morgan fingerprint density at radius 2 is 1.90 bits per heavy atom. The molecule has 1 unspecified atom stereocenters. The van der Waals surface area contributed by atoms with Gasteiger partial charge in [0.25, 0.3) is 0 Å². The molecule has 1 atom stereocenters. The molecule has 3 nitrogen and oxygen atoms in total. The molecule has 0 bridgehead atoms. The molecule has 0 aliphatic heterocycles. The molecular formula is C16H18ClNO2. The Kier molecular flexibility index (Phi) is 4.88. The van der Waals surface area contributed by atoms with Crippen molar-refractivity contribution in [2.75, 3.05) is 19.0 Å². The molecule has 20 heavy (non-hydrogen) atoms. The maximum absolute atomic E-state index is 10.3. The fourth-order valence-corrected chi connectivity index (χ4v) is 2.13. The smallest absolute Gasteiger partial charge is 0.124 e. The summed E-state index contributed by atoms with van der Waals surface area (Å²) in [4.78, 5) is 0. The zero-order valence-corrected chi connectivity index (χ0v) is 12.3. The number of methoxy groups -OCH3 is 1. The molecule has 0 aliphatic rings. The van der Waals surface area contributed by atoms with Crippen LogP contribution in [0.2, 0.25) is 5.02 Å². The number of aryl methyl sites for hydroxylation is 1. The third-order valence-corrected chi connectivity index (χ3v) is 3.34. The van der Waals surface area contributed by atoms with Gasteiger partial charge in [0.2, 0.25) is 0 Å². The highest BCUT2D eigenvalue weighted by atomic mass is 35.5. The first-order chi connectivity index (χ1) is 9.60. The lowest BCUT2D eigenvalue weighted by molar-refractivity contribution is 0.187. The molecule has 2 rings (SSSR count). The van der Waals surface area contributed by atoms with Crippen molar-refractivity contribution in [2.45, 2.75) is 13.0 Å². The van der Waals surface area contributed by atoms with Crippen LogP contribution in [0.5, 0.6) is 5.75 Å². The second-order valence-electron chi connectivity index (χ2n) is 4.65. The highest BCUT2D eigenvalue weighted by molar-refractivity contribution is 6.30. The van der Waals surface area contributed by atoms with E-state index in [-0.39, 0.29) is 0 Å². The molecule has 2 N–H and O–H groups in total. The summed E-state index contributed by atoms with van der Waals surface area (Å²) in [7, 11) is 1.60. The third kappa shape index (κ3) is 3.65. The van der Waals surface area contributed by atoms with Gasteiger partial charge in [-0.1, -0.05) is 23.2 Å². The fourth-order valence-electron chi connectivity index (χ4n) is 2.01. The van der Waals surface area contributed by atoms with Gasteiger partial charge in [-0.05, 0) is 43.3 Å². The average molecular weight is 292 g/mol. The molecule has 0 fully saturated rings. The van der Waals surface area contributed by atoms with Crippen LogP contribution in [0.4, 0.5) is 5.69 Å². The summed E-state index contributed by atoms with van der Waals surface area (Å²) in [6.45, 7) is 2.39. The number of rotatable bonds is 5. The van der Waals surface area contributed by atoms with E-state index in [1.54, 1.807) is 7.11 Å². The molecule has 0 aliphatic carbocycles. The molecule has 0 heterocycles. The van der Waals surface area contributed by atoms with E-state index >= 15 is 0 Å². The van der Waals surface area contributed by atoms with Gasteiger partial charge in [-0.15, -0.1) is 0 Å². The second kappa shape index (κ2) is 6.64. The molecule has 4 heteroatoms. The van der Waals surface area contributed by atoms with Crippen LogP contribution in [0, 0.1) is 6.92 Å². The number of hydrogen-bond acceptors (Lipinski definition) is 3. The Bertz CT molecular complexity index is 569. The number of benzene rings is 2. The van der Waals surface area contributed by atoms with Gasteiger partial charge >= 0.3 is 0 Å². The van der Waals surface area contributed by atoms with Gasteiger partial charge < -0.3 is 15.2 Å². The Morgan fingerprint density at radius 3 is 2.55 bits per heavy atom. The molecule has 0 saturated carbocycles. The lowest BCUT2D eigenvalue weighted by atomic mass is 10.1. The zero-order valence-electron chi connectivity index (χ0n) is 11.6. The molecule has 0 radical (unpaired) electrons. The van der Waals surface area contributed by atoms with Crippen molar-refractivity contribution < 1.29 is 9.84 Å². The summed E-state index contributed by atoms with van der Waals surface area (Å²) in [6, 6.07) is 13.1. The Morgan fingerprint density at radius 1 is 1.20 bits per heavy atom. The minimum absolute atomic E-state index is 0.404. The number of aliphatic hydroxyl groups is 1. The number of anilines is 1. The topological polar surface area (TPSA) is 41.5 Å². The first-order valence-electron chi connectivity index (χ1n) is 6.42. The number of nitrogens with one attached hydrogen (secondary N) is 1. The van der Waals surface area contributed by atoms with Crippen LogP contribution in [0.15, 0.2) is 42.5 Å². The van der Waals surface area contributed by atoms with E-state index in [0.717, 1.165) is 16.8 Å². The zero-order chi connectivity index (χ0) is 14.5. The summed E-state index contributed by atoms with van der Waals surface area (Å²) in [5.41, 5.74) is 2.79. The lowest BCUT2D eigenvalue weighted by Crippen LogP contribution is -2.13. The summed E-state index contributed by atoms with van der Waals surface area (Å²) < 4.78 is 5.28. The summed E-state index contributed by atoms with van der Waals surface area (Å²) in [6.07, 6.45) is -0.638. The van der Waals surface area contributed by atoms with Gasteiger partial charge in [0.05, 0.1) is 13.2 Å². The van der Waals surface area contributed by atoms with Crippen LogP contribution in [0.1, 0.15) is 17.2 Å². The van der Waals surface area contributed by atoms with Gasteiger partial charge in [-0.25, -0.2) is 0 Å². The van der Waals surface area contributed by atoms with Gasteiger partial charge in [0.15, 0.2) is 0 Å². The highest BCUT2D eigenvalue weighted by Gasteiger charge is 2.13. The third-order valence-electron chi connectivity index (χ3n) is 3.09. The Balaban J connectivity index is 2.06. The van der Waals surface area contributed by atoms with Crippen LogP contribution in [-0.2, 0) is 0 Å². The second-order valence-corrected chi connectivity index (χ2v) is 5.09. The van der Waals surface area contributed by atoms with Crippen LogP contribution in [0.3, 0.4) is 0 Å². The Labute approximate surface area is 124 Å². The normalized spacial score (nSPS) is 12.0. The molecule has 0 saturated heterocycles. The van der Waals surface area contributed by atoms with Gasteiger partial charge in [-0.2, -0.15) is 0 Å². The van der Waals surface area contributed by atoms with Crippen molar-refractivity contribution >= 4 is 17.3 Å². The monoisotopic (exact) mass is 291 g/mol. The van der Waals surface area contributed by atoms with Crippen LogP contribution in [0.25, 0.3) is 0 Å². The number of aliphatic hydroxyl groups excluding tert-OH is 1. The van der Waals surface area contributed by atoms with E-state index < -0.39 is 6.10 Å². The van der Waals surface area contributed by atoms with Crippen molar-refractivity contribution in [1.29, 1.82) is 0 Å². The average Bonchev–Trinajstić information content (AvgIpc) is 2.46. The number of halogens is 1. The predicted molar refractivity (Wildman–Crippen MR) is 82.6 cm³/mol. The fraction of sp³-hybridized carbons (Fsp3) is 0.250. The minimum Gasteiger partial charge on any atom is -0.496 e. The van der Waals surface area contributed by atoms with E-state index in [1.165, 1.54) is 0 Å². The van der Waals surface area contributed by atoms with Gasteiger partial charge in [0, 0.05) is 22.8 Å². The molecule has 0 spiro atoms. The van der Waals surface area contributed by atoms with Crippen LogP contribution >= 0.6 is 11.6 Å². The van der Waals surface area contributed by atoms with Crippen molar-refractivity contribution in [3.8, 4) is 5.75 Å². The van der Waals surface area contributed by atoms with Gasteiger partial charge in [-0.3, -0.25) is 0 Å². The van der Waals surface area contributed by atoms with E-state index in [2.05, 4.69) is 5.32 Å². The van der Waals surface area contributed by atoms with Crippen molar-refractivity contribution in [1.82, 2.24) is 0 Å². The maximum Gasteiger partial charge on any atom is 0.124 e. The molecule has 0 amide bonds. The molecule has 0 aromatic heterocycles. The van der Waals surface area contributed by atoms with Crippen molar-refractivity contribution in [3.63, 3.8) is 0 Å². The van der Waals surface area contributed by atoms with E-state index in [0.29, 0.717) is 17.3 Å². The first kappa shape index (κ1) is 14.7. The minimum atomic E-state index is -0.638. The summed E-state index contributed by atoms with van der Waals surface area (Å²) in [5, 5.41) is 14.2. The molecule has 2 aromatic rings. The summed E-state index contributed by atoms with van der Waals surface area (Å²) in [5.74, 6) is 0.695. The van der Waals surface area contributed by atoms with E-state index in [4.69, 9.17) is 16.3 Å². The Hall–Kier alpha value is -1.71. The first-order valence-corrected chi connectivity index (χ1v) is 6.80. The standard InChI is InChI=1S/C16H18ClNO2/c1-11-3-8-16(20-2)14(9-11)15(19)10-18-13-6-4-12(17)5-7-13/h3-9,15,18-19H,10H2,1-2H3. The largest absolute Gasteiger partial charge is 0.496 e. The van der Waals surface area contributed by atoms with Crippen LogP contribution < -0.4 is 10.1 Å². The predicted octanol–water partition coefficient (Wildman–Crippen LogP) is 3.80. The van der Waals surface area contributed by atoms with Crippen molar-refractivity contribution in [2.24, 2.45) is 0 Å².